The number of benzene rings is 3. The summed E-state index contributed by atoms with van der Waals surface area (Å²) in [5.74, 6) is 2.07. The van der Waals surface area contributed by atoms with Crippen molar-refractivity contribution in [2.45, 2.75) is 24.9 Å². The van der Waals surface area contributed by atoms with Gasteiger partial charge in [0.05, 0.1) is 13.2 Å². The Labute approximate surface area is 225 Å². The van der Waals surface area contributed by atoms with Gasteiger partial charge in [-0.15, -0.1) is 0 Å². The topological polar surface area (TPSA) is 54.4 Å². The van der Waals surface area contributed by atoms with Crippen LogP contribution in [0.5, 0.6) is 11.5 Å². The Morgan fingerprint density at radius 3 is 2.55 bits per heavy atom. The number of β-amino-alcohol motifs (C(OH)–C–C–N with tert-alkyl or cyclic N) is 1. The maximum atomic E-state index is 10.8. The molecule has 1 N–H and O–H groups in total. The molecule has 0 aliphatic carbocycles. The van der Waals surface area contributed by atoms with Crippen LogP contribution >= 0.6 is 0 Å². The van der Waals surface area contributed by atoms with E-state index < -0.39 is 6.10 Å². The van der Waals surface area contributed by atoms with Crippen molar-refractivity contribution in [1.29, 1.82) is 0 Å². The van der Waals surface area contributed by atoms with E-state index >= 15 is 0 Å². The maximum Gasteiger partial charge on any atom is 0.168 e. The van der Waals surface area contributed by atoms with Crippen molar-refractivity contribution in [3.8, 4) is 11.5 Å². The van der Waals surface area contributed by atoms with Crippen molar-refractivity contribution in [3.63, 3.8) is 0 Å². The fourth-order valence-corrected chi connectivity index (χ4v) is 5.93. The number of fused-ring (bicyclic) bond motifs is 2. The highest BCUT2D eigenvalue weighted by molar-refractivity contribution is 5.83. The van der Waals surface area contributed by atoms with Crippen molar-refractivity contribution in [2.24, 2.45) is 0 Å². The molecule has 6 heteroatoms. The molecule has 0 aromatic heterocycles. The first-order chi connectivity index (χ1) is 18.7. The minimum absolute atomic E-state index is 0.259. The van der Waals surface area contributed by atoms with Crippen molar-refractivity contribution in [2.75, 3.05) is 65.7 Å². The highest BCUT2D eigenvalue weighted by Crippen LogP contribution is 2.36. The molecule has 6 nitrogen and oxygen atoms in total. The van der Waals surface area contributed by atoms with Crippen LogP contribution in [0.3, 0.4) is 0 Å². The Bertz CT molecular complexity index is 1260. The molecule has 2 saturated heterocycles. The maximum absolute atomic E-state index is 10.8. The van der Waals surface area contributed by atoms with Gasteiger partial charge >= 0.3 is 0 Å². The van der Waals surface area contributed by atoms with E-state index in [2.05, 4.69) is 64.4 Å². The molecule has 0 amide bonds. The van der Waals surface area contributed by atoms with Gasteiger partial charge < -0.3 is 24.2 Å². The molecule has 3 aromatic rings. The predicted octanol–water partition coefficient (Wildman–Crippen LogP) is 4.57. The molecule has 3 heterocycles. The standard InChI is InChI=1S/C32H38N2O4/c35-30(21-33-12-10-26(11-13-33)28-9-8-25-4-1-2-5-27(25)19-28)23-37-31-7-3-6-29-18-24(22-38-32(29)31)20-34-14-16-36-17-15-34/h1-9,18-19,26,30,35H,10-17,20-23H2. The molecule has 0 bridgehead atoms. The lowest BCUT2D eigenvalue weighted by molar-refractivity contribution is 0.0413. The molecule has 3 aliphatic rings. The predicted molar refractivity (Wildman–Crippen MR) is 151 cm³/mol. The summed E-state index contributed by atoms with van der Waals surface area (Å²) in [6.07, 6.45) is 3.91. The van der Waals surface area contributed by atoms with E-state index in [0.29, 0.717) is 24.8 Å². The van der Waals surface area contributed by atoms with Crippen LogP contribution in [0.15, 0.2) is 66.2 Å². The molecule has 0 radical (unpaired) electrons. The van der Waals surface area contributed by atoms with Gasteiger partial charge in [-0.1, -0.05) is 54.6 Å². The van der Waals surface area contributed by atoms with Crippen molar-refractivity contribution in [3.05, 3.63) is 77.4 Å². The zero-order valence-corrected chi connectivity index (χ0v) is 22.1. The largest absolute Gasteiger partial charge is 0.487 e. The van der Waals surface area contributed by atoms with E-state index in [0.717, 1.165) is 70.1 Å². The monoisotopic (exact) mass is 514 g/mol. The molecule has 6 rings (SSSR count). The SMILES string of the molecule is OC(COc1cccc2c1OCC(CN1CCOCC1)=C2)CN1CCC(c2ccc3ccccc3c2)CC1. The summed E-state index contributed by atoms with van der Waals surface area (Å²) in [5, 5.41) is 13.4. The van der Waals surface area contributed by atoms with Crippen LogP contribution in [0.25, 0.3) is 16.8 Å². The van der Waals surface area contributed by atoms with Crippen molar-refractivity contribution < 1.29 is 19.3 Å². The third-order valence-corrected chi connectivity index (χ3v) is 8.03. The Kier molecular flexibility index (Phi) is 7.93. The van der Waals surface area contributed by atoms with Crippen LogP contribution in [0.4, 0.5) is 0 Å². The lowest BCUT2D eigenvalue weighted by Crippen LogP contribution is -2.40. The second-order valence-electron chi connectivity index (χ2n) is 10.8. The van der Waals surface area contributed by atoms with Gasteiger partial charge in [0.2, 0.25) is 0 Å². The number of para-hydroxylation sites is 1. The van der Waals surface area contributed by atoms with Gasteiger partial charge in [0.15, 0.2) is 11.5 Å². The second kappa shape index (κ2) is 11.9. The number of likely N-dealkylation sites (tertiary alicyclic amines) is 1. The number of aliphatic hydroxyl groups is 1. The minimum atomic E-state index is -0.543. The Morgan fingerprint density at radius 1 is 0.895 bits per heavy atom. The quantitative estimate of drug-likeness (QED) is 0.476. The molecular formula is C32H38N2O4. The lowest BCUT2D eigenvalue weighted by Gasteiger charge is -2.33. The second-order valence-corrected chi connectivity index (χ2v) is 10.8. The lowest BCUT2D eigenvalue weighted by atomic mass is 9.88. The minimum Gasteiger partial charge on any atom is -0.487 e. The molecule has 2 fully saturated rings. The van der Waals surface area contributed by atoms with Crippen LogP contribution in [-0.2, 0) is 4.74 Å². The van der Waals surface area contributed by atoms with E-state index in [1.54, 1.807) is 0 Å². The average molecular weight is 515 g/mol. The van der Waals surface area contributed by atoms with Gasteiger partial charge in [-0.05, 0) is 65.9 Å². The first-order valence-electron chi connectivity index (χ1n) is 14.0. The number of nitrogens with zero attached hydrogens (tertiary/aromatic N) is 2. The molecule has 38 heavy (non-hydrogen) atoms. The Balaban J connectivity index is 0.988. The number of ether oxygens (including phenoxy) is 3. The summed E-state index contributed by atoms with van der Waals surface area (Å²) in [6, 6.07) is 21.4. The van der Waals surface area contributed by atoms with Crippen LogP contribution in [-0.4, -0.2) is 86.7 Å². The van der Waals surface area contributed by atoms with Gasteiger partial charge in [-0.3, -0.25) is 4.90 Å². The molecule has 1 unspecified atom stereocenters. The van der Waals surface area contributed by atoms with Gasteiger partial charge in [-0.2, -0.15) is 0 Å². The third kappa shape index (κ3) is 6.05. The van der Waals surface area contributed by atoms with Crippen LogP contribution in [0, 0.1) is 0 Å². The highest BCUT2D eigenvalue weighted by Gasteiger charge is 2.24. The third-order valence-electron chi connectivity index (χ3n) is 8.03. The Morgan fingerprint density at radius 2 is 1.71 bits per heavy atom. The number of piperidine rings is 1. The molecule has 3 aliphatic heterocycles. The molecule has 0 spiro atoms. The molecular weight excluding hydrogens is 476 g/mol. The van der Waals surface area contributed by atoms with Gasteiger partial charge in [0.25, 0.3) is 0 Å². The number of hydrogen-bond donors (Lipinski definition) is 1. The summed E-state index contributed by atoms with van der Waals surface area (Å²) in [5.41, 5.74) is 3.74. The molecule has 200 valence electrons. The Hall–Kier alpha value is -2.90. The number of hydrogen-bond acceptors (Lipinski definition) is 6. The number of aliphatic hydroxyl groups excluding tert-OH is 1. The van der Waals surface area contributed by atoms with Gasteiger partial charge in [0, 0.05) is 31.7 Å². The summed E-state index contributed by atoms with van der Waals surface area (Å²) < 4.78 is 17.7. The smallest absolute Gasteiger partial charge is 0.168 e. The summed E-state index contributed by atoms with van der Waals surface area (Å²) in [4.78, 5) is 4.77. The van der Waals surface area contributed by atoms with Crippen LogP contribution < -0.4 is 9.47 Å². The average Bonchev–Trinajstić information content (AvgIpc) is 2.96. The number of rotatable bonds is 8. The van der Waals surface area contributed by atoms with E-state index in [1.807, 2.05) is 12.1 Å². The van der Waals surface area contributed by atoms with E-state index in [-0.39, 0.29) is 6.61 Å². The fourth-order valence-electron chi connectivity index (χ4n) is 5.93. The van der Waals surface area contributed by atoms with Gasteiger partial charge in [-0.25, -0.2) is 0 Å². The fraction of sp³-hybridized carbons (Fsp3) is 0.438. The van der Waals surface area contributed by atoms with E-state index in [4.69, 9.17) is 14.2 Å². The molecule has 0 saturated carbocycles. The summed E-state index contributed by atoms with van der Waals surface area (Å²) in [7, 11) is 0. The zero-order valence-electron chi connectivity index (χ0n) is 22.1. The zero-order chi connectivity index (χ0) is 25.7. The number of morpholine rings is 1. The summed E-state index contributed by atoms with van der Waals surface area (Å²) in [6.45, 7) is 7.88. The molecule has 1 atom stereocenters. The highest BCUT2D eigenvalue weighted by atomic mass is 16.5. The van der Waals surface area contributed by atoms with Crippen LogP contribution in [0.1, 0.15) is 29.9 Å². The van der Waals surface area contributed by atoms with Gasteiger partial charge in [0.1, 0.15) is 19.3 Å². The van der Waals surface area contributed by atoms with Crippen molar-refractivity contribution in [1.82, 2.24) is 9.80 Å². The summed E-state index contributed by atoms with van der Waals surface area (Å²) >= 11 is 0. The van der Waals surface area contributed by atoms with E-state index in [1.165, 1.54) is 21.9 Å². The van der Waals surface area contributed by atoms with E-state index in [9.17, 15) is 5.11 Å². The van der Waals surface area contributed by atoms with Crippen LogP contribution in [0.2, 0.25) is 0 Å². The van der Waals surface area contributed by atoms with Crippen molar-refractivity contribution >= 4 is 16.8 Å². The normalized spacial score (nSPS) is 20.0. The first kappa shape index (κ1) is 25.4. The first-order valence-corrected chi connectivity index (χ1v) is 14.0. The molecule has 3 aromatic carbocycles.